The fraction of sp³-hybridized carbons (Fsp3) is 0.242. The monoisotopic (exact) mass is 648 g/mol. The molecule has 236 valence electrons. The molecule has 0 saturated carbocycles. The Balaban J connectivity index is 0.000000153. The molecule has 2 aromatic heterocycles. The van der Waals surface area contributed by atoms with Crippen LogP contribution in [0.3, 0.4) is 0 Å². The van der Waals surface area contributed by atoms with Crippen LogP contribution < -0.4 is 4.90 Å². The highest BCUT2D eigenvalue weighted by molar-refractivity contribution is 7.86. The minimum atomic E-state index is -4.02. The number of hydrogen-bond acceptors (Lipinski definition) is 7. The van der Waals surface area contributed by atoms with E-state index in [9.17, 15) is 16.8 Å². The maximum Gasteiger partial charge on any atom is 0.294 e. The number of aromatic amines is 1. The van der Waals surface area contributed by atoms with Crippen molar-refractivity contribution in [2.24, 2.45) is 5.92 Å². The van der Waals surface area contributed by atoms with Crippen molar-refractivity contribution in [1.82, 2.24) is 14.9 Å². The van der Waals surface area contributed by atoms with E-state index in [-0.39, 0.29) is 9.79 Å². The third-order valence-corrected chi connectivity index (χ3v) is 9.74. The quantitative estimate of drug-likeness (QED) is 0.216. The lowest BCUT2D eigenvalue weighted by atomic mass is 9.91. The van der Waals surface area contributed by atoms with Crippen molar-refractivity contribution in [3.8, 4) is 11.1 Å². The Morgan fingerprint density at radius 2 is 1.33 bits per heavy atom. The zero-order valence-electron chi connectivity index (χ0n) is 25.2. The van der Waals surface area contributed by atoms with Crippen molar-refractivity contribution >= 4 is 36.8 Å². The van der Waals surface area contributed by atoms with Gasteiger partial charge in [0, 0.05) is 55.1 Å². The van der Waals surface area contributed by atoms with E-state index in [4.69, 9.17) is 9.11 Å². The molecular formula is C33H36N4O6S2. The van der Waals surface area contributed by atoms with Crippen molar-refractivity contribution in [2.75, 3.05) is 31.6 Å². The van der Waals surface area contributed by atoms with Gasteiger partial charge in [-0.1, -0.05) is 41.5 Å². The number of likely N-dealkylation sites (N-methyl/N-ethyl adjacent to an activating group) is 1. The first-order valence-corrected chi connectivity index (χ1v) is 17.2. The minimum absolute atomic E-state index is 0.0666. The molecule has 10 nitrogen and oxygen atoms in total. The fourth-order valence-corrected chi connectivity index (χ4v) is 6.50. The van der Waals surface area contributed by atoms with Gasteiger partial charge in [-0.2, -0.15) is 16.8 Å². The van der Waals surface area contributed by atoms with E-state index in [1.807, 2.05) is 32.4 Å². The number of pyridine rings is 1. The SMILES string of the molecule is CN1C[C@@H]2CN(c3cncc(-c4ccc5[nH]ccc5c4)c3)[C@@H]2C1.Cc1ccc(S(=O)(=O)O)cc1.Cc1ccc(S(=O)(=O)O)cc1. The van der Waals surface area contributed by atoms with Crippen LogP contribution in [0.2, 0.25) is 0 Å². The summed E-state index contributed by atoms with van der Waals surface area (Å²) in [5.74, 6) is 0.833. The largest absolute Gasteiger partial charge is 0.365 e. The summed E-state index contributed by atoms with van der Waals surface area (Å²) in [6.07, 6.45) is 5.96. The smallest absolute Gasteiger partial charge is 0.294 e. The van der Waals surface area contributed by atoms with Gasteiger partial charge in [-0.05, 0) is 80.4 Å². The number of nitrogens with one attached hydrogen (secondary N) is 1. The highest BCUT2D eigenvalue weighted by Gasteiger charge is 2.44. The number of hydrogen-bond donors (Lipinski definition) is 3. The van der Waals surface area contributed by atoms with Crippen molar-refractivity contribution in [1.29, 1.82) is 0 Å². The molecule has 2 saturated heterocycles. The average Bonchev–Trinajstić information content (AvgIpc) is 3.57. The topological polar surface area (TPSA) is 144 Å². The number of H-pyrrole nitrogens is 1. The summed E-state index contributed by atoms with van der Waals surface area (Å²) in [7, 11) is -5.82. The van der Waals surface area contributed by atoms with Crippen LogP contribution in [-0.4, -0.2) is 73.5 Å². The Morgan fingerprint density at radius 3 is 1.89 bits per heavy atom. The Kier molecular flexibility index (Phi) is 9.42. The Hall–Kier alpha value is -4.07. The predicted molar refractivity (Wildman–Crippen MR) is 176 cm³/mol. The van der Waals surface area contributed by atoms with Gasteiger partial charge in [0.15, 0.2) is 0 Å². The molecule has 2 aliphatic rings. The summed E-state index contributed by atoms with van der Waals surface area (Å²) in [5, 5.41) is 1.24. The van der Waals surface area contributed by atoms with Gasteiger partial charge in [0.05, 0.1) is 21.7 Å². The maximum atomic E-state index is 10.5. The maximum absolute atomic E-state index is 10.5. The molecule has 0 radical (unpaired) electrons. The molecule has 4 heterocycles. The average molecular weight is 649 g/mol. The van der Waals surface area contributed by atoms with Gasteiger partial charge in [-0.3, -0.25) is 14.1 Å². The number of aryl methyl sites for hydroxylation is 2. The van der Waals surface area contributed by atoms with Crippen LogP contribution in [0.4, 0.5) is 5.69 Å². The molecule has 45 heavy (non-hydrogen) atoms. The lowest BCUT2D eigenvalue weighted by Crippen LogP contribution is -2.55. The second-order valence-corrected chi connectivity index (χ2v) is 14.3. The van der Waals surface area contributed by atoms with Gasteiger partial charge in [0.2, 0.25) is 0 Å². The van der Waals surface area contributed by atoms with E-state index >= 15 is 0 Å². The van der Waals surface area contributed by atoms with Gasteiger partial charge < -0.3 is 14.8 Å². The molecule has 0 bridgehead atoms. The summed E-state index contributed by atoms with van der Waals surface area (Å²) in [4.78, 5) is 12.6. The first kappa shape index (κ1) is 32.3. The second-order valence-electron chi connectivity index (χ2n) is 11.5. The van der Waals surface area contributed by atoms with E-state index in [1.165, 1.54) is 65.1 Å². The standard InChI is InChI=1S/C19H20N4.2C7H8O3S/c1-22-10-16-11-23(19(16)12-22)17-7-15(8-20-9-17)13-2-3-18-14(6-13)4-5-21-18;2*1-6-2-4-7(5-3-6)11(8,9)10/h2-9,16,19,21H,10-12H2,1H3;2*2-5H,1H3,(H,8,9,10)/t16-,19-;;/m1../s1. The van der Waals surface area contributed by atoms with Crippen LogP contribution in [-0.2, 0) is 20.2 Å². The van der Waals surface area contributed by atoms with Gasteiger partial charge in [0.1, 0.15) is 0 Å². The third-order valence-electron chi connectivity index (χ3n) is 8.00. The molecule has 0 aliphatic carbocycles. The lowest BCUT2D eigenvalue weighted by Gasteiger charge is -2.45. The molecule has 12 heteroatoms. The van der Waals surface area contributed by atoms with Crippen molar-refractivity contribution in [2.45, 2.75) is 29.7 Å². The fourth-order valence-electron chi connectivity index (χ4n) is 5.54. The first-order valence-electron chi connectivity index (χ1n) is 14.3. The normalized spacial score (nSPS) is 17.8. The van der Waals surface area contributed by atoms with E-state index in [2.05, 4.69) is 57.1 Å². The number of fused-ring (bicyclic) bond motifs is 2. The zero-order chi connectivity index (χ0) is 32.4. The number of anilines is 1. The molecule has 3 aromatic carbocycles. The van der Waals surface area contributed by atoms with Crippen molar-refractivity contribution in [3.05, 3.63) is 109 Å². The number of rotatable bonds is 4. The Bertz CT molecular complexity index is 1920. The summed E-state index contributed by atoms with van der Waals surface area (Å²) in [6.45, 7) is 7.25. The molecule has 2 fully saturated rings. The number of likely N-dealkylation sites (tertiary alicyclic amines) is 1. The van der Waals surface area contributed by atoms with Crippen LogP contribution >= 0.6 is 0 Å². The van der Waals surface area contributed by atoms with Gasteiger partial charge >= 0.3 is 0 Å². The highest BCUT2D eigenvalue weighted by Crippen LogP contribution is 2.37. The molecule has 3 N–H and O–H groups in total. The van der Waals surface area contributed by atoms with Crippen molar-refractivity contribution < 1.29 is 25.9 Å². The minimum Gasteiger partial charge on any atom is -0.365 e. The molecule has 7 rings (SSSR count). The molecule has 5 aromatic rings. The zero-order valence-corrected chi connectivity index (χ0v) is 26.8. The Labute approximate surface area is 263 Å². The van der Waals surface area contributed by atoms with Crippen LogP contribution in [0.5, 0.6) is 0 Å². The molecular weight excluding hydrogens is 613 g/mol. The first-order chi connectivity index (χ1) is 21.3. The van der Waals surface area contributed by atoms with Gasteiger partial charge in [0.25, 0.3) is 20.2 Å². The van der Waals surface area contributed by atoms with Crippen LogP contribution in [0.25, 0.3) is 22.0 Å². The van der Waals surface area contributed by atoms with Gasteiger partial charge in [-0.25, -0.2) is 0 Å². The summed E-state index contributed by atoms with van der Waals surface area (Å²) in [6, 6.07) is 23.6. The lowest BCUT2D eigenvalue weighted by molar-refractivity contribution is 0.361. The number of benzene rings is 3. The van der Waals surface area contributed by atoms with E-state index in [1.54, 1.807) is 24.3 Å². The summed E-state index contributed by atoms with van der Waals surface area (Å²) >= 11 is 0. The van der Waals surface area contributed by atoms with Crippen LogP contribution in [0.1, 0.15) is 11.1 Å². The van der Waals surface area contributed by atoms with E-state index in [0.717, 1.165) is 23.6 Å². The second kappa shape index (κ2) is 13.1. The summed E-state index contributed by atoms with van der Waals surface area (Å²) < 4.78 is 59.1. The molecule has 0 amide bonds. The van der Waals surface area contributed by atoms with Crippen LogP contribution in [0, 0.1) is 19.8 Å². The predicted octanol–water partition coefficient (Wildman–Crippen LogP) is 5.46. The third kappa shape index (κ3) is 7.96. The number of aromatic nitrogens is 2. The van der Waals surface area contributed by atoms with Gasteiger partial charge in [-0.15, -0.1) is 0 Å². The molecule has 2 aliphatic heterocycles. The Morgan fingerprint density at radius 1 is 0.733 bits per heavy atom. The molecule has 0 spiro atoms. The molecule has 0 unspecified atom stereocenters. The molecule has 2 atom stereocenters. The van der Waals surface area contributed by atoms with Crippen molar-refractivity contribution in [3.63, 3.8) is 0 Å². The summed E-state index contributed by atoms with van der Waals surface area (Å²) in [5.41, 5.74) is 6.77. The van der Waals surface area contributed by atoms with Crippen LogP contribution in [0.15, 0.2) is 107 Å². The number of nitrogens with zero attached hydrogens (tertiary/aromatic N) is 3. The van der Waals surface area contributed by atoms with E-state index in [0.29, 0.717) is 6.04 Å². The van der Waals surface area contributed by atoms with E-state index < -0.39 is 20.2 Å². The highest BCUT2D eigenvalue weighted by atomic mass is 32.2.